The Labute approximate surface area is 138 Å². The largest absolute Gasteiger partial charge is 0.490 e. The quantitative estimate of drug-likeness (QED) is 0.936. The molecule has 1 aliphatic carbocycles. The van der Waals surface area contributed by atoms with E-state index >= 15 is 0 Å². The van der Waals surface area contributed by atoms with Crippen LogP contribution in [0.1, 0.15) is 49.4 Å². The third kappa shape index (κ3) is 2.94. The molecule has 0 amide bonds. The van der Waals surface area contributed by atoms with Gasteiger partial charge in [0, 0.05) is 24.0 Å². The van der Waals surface area contributed by atoms with Crippen LogP contribution in [0.4, 0.5) is 0 Å². The number of aromatic nitrogens is 1. The lowest BCUT2D eigenvalue weighted by Crippen LogP contribution is -2.16. The summed E-state index contributed by atoms with van der Waals surface area (Å²) in [6, 6.07) is 6.73. The third-order valence-electron chi connectivity index (χ3n) is 5.28. The number of rotatable bonds is 3. The van der Waals surface area contributed by atoms with Gasteiger partial charge >= 0.3 is 0 Å². The van der Waals surface area contributed by atoms with Crippen LogP contribution < -0.4 is 10.1 Å². The molecule has 0 unspecified atom stereocenters. The summed E-state index contributed by atoms with van der Waals surface area (Å²) in [5.41, 5.74) is 5.16. The van der Waals surface area contributed by atoms with Crippen LogP contribution in [0.2, 0.25) is 0 Å². The summed E-state index contributed by atoms with van der Waals surface area (Å²) in [5, 5.41) is 4.70. The van der Waals surface area contributed by atoms with E-state index in [0.29, 0.717) is 6.10 Å². The number of nitrogens with zero attached hydrogens (tertiary/aromatic N) is 1. The van der Waals surface area contributed by atoms with Gasteiger partial charge in [0.15, 0.2) is 0 Å². The number of fused-ring (bicyclic) bond motifs is 2. The fourth-order valence-corrected chi connectivity index (χ4v) is 3.93. The molecule has 2 heterocycles. The summed E-state index contributed by atoms with van der Waals surface area (Å²) in [6.07, 6.45) is 8.50. The molecule has 1 saturated carbocycles. The van der Waals surface area contributed by atoms with Crippen LogP contribution in [0, 0.1) is 0 Å². The van der Waals surface area contributed by atoms with Crippen molar-refractivity contribution in [1.29, 1.82) is 0 Å². The minimum Gasteiger partial charge on any atom is -0.490 e. The van der Waals surface area contributed by atoms with Crippen LogP contribution in [-0.2, 0) is 19.3 Å². The molecule has 0 bridgehead atoms. The highest BCUT2D eigenvalue weighted by Gasteiger charge is 2.19. The monoisotopic (exact) mass is 310 g/mol. The van der Waals surface area contributed by atoms with Crippen molar-refractivity contribution < 1.29 is 4.74 Å². The Bertz CT molecular complexity index is 704. The van der Waals surface area contributed by atoms with Crippen LogP contribution in [0.15, 0.2) is 18.2 Å². The second-order valence-corrected chi connectivity index (χ2v) is 6.84. The van der Waals surface area contributed by atoms with Crippen LogP contribution >= 0.6 is 0 Å². The normalized spacial score (nSPS) is 18.8. The van der Waals surface area contributed by atoms with Crippen LogP contribution in [0.3, 0.4) is 0 Å². The van der Waals surface area contributed by atoms with Crippen molar-refractivity contribution in [3.63, 3.8) is 0 Å². The highest BCUT2D eigenvalue weighted by molar-refractivity contribution is 5.88. The summed E-state index contributed by atoms with van der Waals surface area (Å²) >= 11 is 0. The van der Waals surface area contributed by atoms with Crippen molar-refractivity contribution in [3.05, 3.63) is 35.0 Å². The van der Waals surface area contributed by atoms with Crippen molar-refractivity contribution >= 4 is 10.9 Å². The van der Waals surface area contributed by atoms with E-state index in [-0.39, 0.29) is 0 Å². The van der Waals surface area contributed by atoms with Gasteiger partial charge in [0.25, 0.3) is 0 Å². The molecule has 0 atom stereocenters. The first-order chi connectivity index (χ1) is 11.3. The number of benzene rings is 1. The SMILES string of the molecule is CCc1ccc(OC2CCCC2)c2cc3c(nc12)CCNCC3. The Morgan fingerprint density at radius 2 is 2.00 bits per heavy atom. The molecule has 1 aliphatic heterocycles. The fourth-order valence-electron chi connectivity index (χ4n) is 3.93. The van der Waals surface area contributed by atoms with Crippen molar-refractivity contribution in [3.8, 4) is 5.75 Å². The summed E-state index contributed by atoms with van der Waals surface area (Å²) < 4.78 is 6.35. The number of nitrogens with one attached hydrogen (secondary N) is 1. The molecule has 1 fully saturated rings. The fraction of sp³-hybridized carbons (Fsp3) is 0.550. The van der Waals surface area contributed by atoms with Gasteiger partial charge in [-0.3, -0.25) is 4.98 Å². The van der Waals surface area contributed by atoms with Crippen molar-refractivity contribution in [2.75, 3.05) is 13.1 Å². The Hall–Kier alpha value is -1.61. The zero-order valence-corrected chi connectivity index (χ0v) is 14.0. The van der Waals surface area contributed by atoms with Crippen LogP contribution in [0.5, 0.6) is 5.75 Å². The Morgan fingerprint density at radius 3 is 2.83 bits per heavy atom. The second kappa shape index (κ2) is 6.48. The van der Waals surface area contributed by atoms with Gasteiger partial charge in [-0.05, 0) is 68.3 Å². The molecule has 1 N–H and O–H groups in total. The average molecular weight is 310 g/mol. The maximum Gasteiger partial charge on any atom is 0.129 e. The number of hydrogen-bond donors (Lipinski definition) is 1. The maximum absolute atomic E-state index is 6.35. The predicted octanol–water partition coefficient (Wildman–Crippen LogP) is 3.81. The lowest BCUT2D eigenvalue weighted by Gasteiger charge is -2.17. The second-order valence-electron chi connectivity index (χ2n) is 6.84. The molecule has 23 heavy (non-hydrogen) atoms. The van der Waals surface area contributed by atoms with Gasteiger partial charge < -0.3 is 10.1 Å². The van der Waals surface area contributed by atoms with Gasteiger partial charge in [-0.1, -0.05) is 13.0 Å². The minimum absolute atomic E-state index is 0.395. The number of ether oxygens (including phenoxy) is 1. The highest BCUT2D eigenvalue weighted by atomic mass is 16.5. The van der Waals surface area contributed by atoms with Crippen molar-refractivity contribution in [1.82, 2.24) is 10.3 Å². The molecule has 2 aromatic rings. The molecule has 1 aromatic carbocycles. The number of aryl methyl sites for hydroxylation is 1. The number of pyridine rings is 1. The first-order valence-corrected chi connectivity index (χ1v) is 9.17. The van der Waals surface area contributed by atoms with E-state index in [2.05, 4.69) is 30.4 Å². The Kier molecular flexibility index (Phi) is 4.21. The smallest absolute Gasteiger partial charge is 0.129 e. The summed E-state index contributed by atoms with van der Waals surface area (Å²) in [7, 11) is 0. The van der Waals surface area contributed by atoms with E-state index in [9.17, 15) is 0 Å². The molecular weight excluding hydrogens is 284 g/mol. The van der Waals surface area contributed by atoms with Crippen molar-refractivity contribution in [2.45, 2.75) is 58.0 Å². The lowest BCUT2D eigenvalue weighted by molar-refractivity contribution is 0.212. The van der Waals surface area contributed by atoms with Crippen molar-refractivity contribution in [2.24, 2.45) is 0 Å². The van der Waals surface area contributed by atoms with E-state index < -0.39 is 0 Å². The molecule has 1 aromatic heterocycles. The molecule has 3 heteroatoms. The predicted molar refractivity (Wildman–Crippen MR) is 94.3 cm³/mol. The maximum atomic E-state index is 6.35. The molecular formula is C20H26N2O. The summed E-state index contributed by atoms with van der Waals surface area (Å²) in [4.78, 5) is 5.06. The first kappa shape index (κ1) is 14.9. The summed E-state index contributed by atoms with van der Waals surface area (Å²) in [6.45, 7) is 4.29. The molecule has 0 saturated heterocycles. The Morgan fingerprint density at radius 1 is 1.17 bits per heavy atom. The van der Waals surface area contributed by atoms with E-state index in [0.717, 1.165) is 43.6 Å². The van der Waals surface area contributed by atoms with E-state index in [4.69, 9.17) is 9.72 Å². The van der Waals surface area contributed by atoms with Gasteiger partial charge in [-0.15, -0.1) is 0 Å². The molecule has 122 valence electrons. The number of hydrogen-bond acceptors (Lipinski definition) is 3. The highest BCUT2D eigenvalue weighted by Crippen LogP contribution is 2.33. The zero-order chi connectivity index (χ0) is 15.6. The van der Waals surface area contributed by atoms with Gasteiger partial charge in [0.2, 0.25) is 0 Å². The standard InChI is InChI=1S/C20H26N2O/c1-2-14-7-8-19(23-16-5-3-4-6-16)17-13-15-9-11-21-12-10-18(15)22-20(14)17/h7-8,13,16,21H,2-6,9-12H2,1H3. The van der Waals surface area contributed by atoms with Crippen LogP contribution in [-0.4, -0.2) is 24.2 Å². The first-order valence-electron chi connectivity index (χ1n) is 9.17. The van der Waals surface area contributed by atoms with Gasteiger partial charge in [0.1, 0.15) is 5.75 Å². The molecule has 0 spiro atoms. The van der Waals surface area contributed by atoms with E-state index in [1.165, 1.54) is 47.9 Å². The van der Waals surface area contributed by atoms with Gasteiger partial charge in [0.05, 0.1) is 11.6 Å². The minimum atomic E-state index is 0.395. The third-order valence-corrected chi connectivity index (χ3v) is 5.28. The lowest BCUT2D eigenvalue weighted by atomic mass is 10.0. The molecule has 0 radical (unpaired) electrons. The average Bonchev–Trinajstić information content (AvgIpc) is 2.97. The van der Waals surface area contributed by atoms with Gasteiger partial charge in [-0.2, -0.15) is 0 Å². The van der Waals surface area contributed by atoms with Crippen LogP contribution in [0.25, 0.3) is 10.9 Å². The van der Waals surface area contributed by atoms with Gasteiger partial charge in [-0.25, -0.2) is 0 Å². The Balaban J connectivity index is 1.81. The van der Waals surface area contributed by atoms with E-state index in [1.807, 2.05) is 0 Å². The molecule has 4 rings (SSSR count). The van der Waals surface area contributed by atoms with E-state index in [1.54, 1.807) is 0 Å². The molecule has 3 nitrogen and oxygen atoms in total. The topological polar surface area (TPSA) is 34.1 Å². The molecule has 2 aliphatic rings. The zero-order valence-electron chi connectivity index (χ0n) is 14.0. The summed E-state index contributed by atoms with van der Waals surface area (Å²) in [5.74, 6) is 1.04.